The molecule has 0 amide bonds. The molecule has 3 N–H and O–H groups in total. The summed E-state index contributed by atoms with van der Waals surface area (Å²) in [6.45, 7) is 0. The highest BCUT2D eigenvalue weighted by Crippen LogP contribution is 2.30. The molecule has 0 bridgehead atoms. The van der Waals surface area contributed by atoms with Crippen LogP contribution in [0.25, 0.3) is 11.0 Å². The van der Waals surface area contributed by atoms with Crippen molar-refractivity contribution in [1.82, 2.24) is 9.97 Å². The van der Waals surface area contributed by atoms with Crippen molar-refractivity contribution in [2.45, 2.75) is 0 Å². The van der Waals surface area contributed by atoms with Gasteiger partial charge in [0.1, 0.15) is 5.75 Å². The molecule has 7 heteroatoms. The molecule has 0 saturated carbocycles. The van der Waals surface area contributed by atoms with E-state index in [0.717, 1.165) is 0 Å². The molecule has 0 spiro atoms. The van der Waals surface area contributed by atoms with Crippen LogP contribution in [0.4, 0.5) is 5.69 Å². The van der Waals surface area contributed by atoms with Gasteiger partial charge in [0.05, 0.1) is 21.7 Å². The standard InChI is InChI=1S/C14H9Cl2N3O2/c15-8-3-7(13(20)10(16)4-8)6-17-9-1-2-11-12(5-9)19-14(21)18-11/h1-6,20H,(H2,18,19,21). The van der Waals surface area contributed by atoms with Crippen LogP contribution in [0.5, 0.6) is 5.75 Å². The third-order valence-electron chi connectivity index (χ3n) is 2.91. The largest absolute Gasteiger partial charge is 0.506 e. The Morgan fingerprint density at radius 3 is 2.67 bits per heavy atom. The second-order valence-electron chi connectivity index (χ2n) is 4.39. The van der Waals surface area contributed by atoms with Crippen LogP contribution in [-0.4, -0.2) is 21.3 Å². The van der Waals surface area contributed by atoms with Crippen molar-refractivity contribution in [3.63, 3.8) is 0 Å². The summed E-state index contributed by atoms with van der Waals surface area (Å²) in [6.07, 6.45) is 1.46. The number of aromatic amines is 2. The number of imidazole rings is 1. The zero-order valence-corrected chi connectivity index (χ0v) is 12.0. The van der Waals surface area contributed by atoms with E-state index in [1.807, 2.05) is 0 Å². The molecule has 5 nitrogen and oxygen atoms in total. The van der Waals surface area contributed by atoms with Crippen molar-refractivity contribution in [2.24, 2.45) is 4.99 Å². The van der Waals surface area contributed by atoms with E-state index < -0.39 is 0 Å². The minimum Gasteiger partial charge on any atom is -0.506 e. The molecule has 2 aromatic carbocycles. The van der Waals surface area contributed by atoms with E-state index in [0.29, 0.717) is 27.3 Å². The second-order valence-corrected chi connectivity index (χ2v) is 5.24. The van der Waals surface area contributed by atoms with Gasteiger partial charge in [0.25, 0.3) is 0 Å². The molecule has 0 fully saturated rings. The number of H-pyrrole nitrogens is 2. The lowest BCUT2D eigenvalue weighted by Gasteiger charge is -2.02. The van der Waals surface area contributed by atoms with Gasteiger partial charge in [-0.2, -0.15) is 0 Å². The number of hydrogen-bond acceptors (Lipinski definition) is 3. The highest BCUT2D eigenvalue weighted by atomic mass is 35.5. The van der Waals surface area contributed by atoms with Gasteiger partial charge in [0.2, 0.25) is 0 Å². The van der Waals surface area contributed by atoms with Crippen LogP contribution < -0.4 is 5.69 Å². The molecule has 0 radical (unpaired) electrons. The molecule has 0 aliphatic carbocycles. The summed E-state index contributed by atoms with van der Waals surface area (Å²) in [6, 6.07) is 8.21. The van der Waals surface area contributed by atoms with E-state index in [9.17, 15) is 9.90 Å². The number of nitrogens with one attached hydrogen (secondary N) is 2. The van der Waals surface area contributed by atoms with Crippen LogP contribution in [0.2, 0.25) is 10.0 Å². The molecule has 3 aromatic rings. The van der Waals surface area contributed by atoms with Crippen LogP contribution in [0, 0.1) is 0 Å². The molecule has 0 aliphatic rings. The van der Waals surface area contributed by atoms with Gasteiger partial charge < -0.3 is 15.1 Å². The fourth-order valence-corrected chi connectivity index (χ4v) is 2.44. The van der Waals surface area contributed by atoms with Gasteiger partial charge in [-0.25, -0.2) is 4.79 Å². The first-order chi connectivity index (χ1) is 10.0. The molecule has 1 aromatic heterocycles. The maximum Gasteiger partial charge on any atom is 0.323 e. The molecule has 0 saturated heterocycles. The maximum atomic E-state index is 11.2. The molecule has 0 unspecified atom stereocenters. The molecule has 0 atom stereocenters. The smallest absolute Gasteiger partial charge is 0.323 e. The van der Waals surface area contributed by atoms with Crippen molar-refractivity contribution in [3.8, 4) is 5.75 Å². The first kappa shape index (κ1) is 13.7. The quantitative estimate of drug-likeness (QED) is 0.630. The summed E-state index contributed by atoms with van der Waals surface area (Å²) in [5.41, 5.74) is 2.12. The van der Waals surface area contributed by atoms with E-state index >= 15 is 0 Å². The van der Waals surface area contributed by atoms with Gasteiger partial charge >= 0.3 is 5.69 Å². The lowest BCUT2D eigenvalue weighted by molar-refractivity contribution is 0.475. The van der Waals surface area contributed by atoms with Crippen molar-refractivity contribution in [3.05, 3.63) is 56.4 Å². The van der Waals surface area contributed by atoms with E-state index in [1.165, 1.54) is 12.3 Å². The zero-order chi connectivity index (χ0) is 15.0. The lowest BCUT2D eigenvalue weighted by atomic mass is 10.2. The van der Waals surface area contributed by atoms with Crippen LogP contribution in [0.1, 0.15) is 5.56 Å². The van der Waals surface area contributed by atoms with Crippen molar-refractivity contribution >= 4 is 46.1 Å². The maximum absolute atomic E-state index is 11.2. The number of aromatic hydroxyl groups is 1. The number of hydrogen-bond donors (Lipinski definition) is 3. The number of aromatic nitrogens is 2. The highest BCUT2D eigenvalue weighted by Gasteiger charge is 2.06. The molecule has 0 aliphatic heterocycles. The predicted octanol–water partition coefficient (Wildman–Crippen LogP) is 3.62. The number of fused-ring (bicyclic) bond motifs is 1. The number of phenols is 1. The van der Waals surface area contributed by atoms with Gasteiger partial charge in [0, 0.05) is 16.8 Å². The van der Waals surface area contributed by atoms with E-state index in [-0.39, 0.29) is 16.5 Å². The number of phenolic OH excluding ortho intramolecular Hbond substituents is 1. The average molecular weight is 322 g/mol. The second kappa shape index (κ2) is 5.27. The predicted molar refractivity (Wildman–Crippen MR) is 84.3 cm³/mol. The summed E-state index contributed by atoms with van der Waals surface area (Å²) in [5.74, 6) is -0.0825. The number of benzene rings is 2. The Hall–Kier alpha value is -2.24. The number of rotatable bonds is 2. The molecule has 21 heavy (non-hydrogen) atoms. The van der Waals surface area contributed by atoms with Gasteiger partial charge in [-0.15, -0.1) is 0 Å². The number of nitrogens with zero attached hydrogens (tertiary/aromatic N) is 1. The van der Waals surface area contributed by atoms with E-state index in [2.05, 4.69) is 15.0 Å². The van der Waals surface area contributed by atoms with Crippen LogP contribution in [-0.2, 0) is 0 Å². The molecular weight excluding hydrogens is 313 g/mol. The first-order valence-electron chi connectivity index (χ1n) is 5.97. The number of aliphatic imine (C=N–C) groups is 1. The summed E-state index contributed by atoms with van der Waals surface area (Å²) in [4.78, 5) is 20.7. The first-order valence-corrected chi connectivity index (χ1v) is 6.72. The minimum atomic E-state index is -0.273. The fraction of sp³-hybridized carbons (Fsp3) is 0. The monoisotopic (exact) mass is 321 g/mol. The van der Waals surface area contributed by atoms with E-state index in [4.69, 9.17) is 23.2 Å². The molecular formula is C14H9Cl2N3O2. The Labute approximate surface area is 128 Å². The molecule has 3 rings (SSSR count). The van der Waals surface area contributed by atoms with Gasteiger partial charge in [0.15, 0.2) is 0 Å². The third-order valence-corrected chi connectivity index (χ3v) is 3.42. The van der Waals surface area contributed by atoms with Crippen LogP contribution in [0.3, 0.4) is 0 Å². The SMILES string of the molecule is O=c1[nH]c2ccc(N=Cc3cc(Cl)cc(Cl)c3O)cc2[nH]1. The summed E-state index contributed by atoms with van der Waals surface area (Å²) in [5, 5.41) is 10.4. The normalized spacial score (nSPS) is 11.5. The van der Waals surface area contributed by atoms with Crippen molar-refractivity contribution in [2.75, 3.05) is 0 Å². The van der Waals surface area contributed by atoms with Gasteiger partial charge in [-0.05, 0) is 30.3 Å². The van der Waals surface area contributed by atoms with Crippen molar-refractivity contribution in [1.29, 1.82) is 0 Å². The zero-order valence-electron chi connectivity index (χ0n) is 10.5. The van der Waals surface area contributed by atoms with Gasteiger partial charge in [-0.1, -0.05) is 23.2 Å². The highest BCUT2D eigenvalue weighted by molar-refractivity contribution is 6.36. The fourth-order valence-electron chi connectivity index (χ4n) is 1.93. The Morgan fingerprint density at radius 2 is 1.86 bits per heavy atom. The Bertz CT molecular complexity index is 912. The topological polar surface area (TPSA) is 81.2 Å². The number of halogens is 2. The van der Waals surface area contributed by atoms with Crippen molar-refractivity contribution < 1.29 is 5.11 Å². The Morgan fingerprint density at radius 1 is 1.10 bits per heavy atom. The Kier molecular flexibility index (Phi) is 3.45. The average Bonchev–Trinajstić information content (AvgIpc) is 2.80. The molecule has 106 valence electrons. The molecule has 1 heterocycles. The summed E-state index contributed by atoms with van der Waals surface area (Å²) < 4.78 is 0. The summed E-state index contributed by atoms with van der Waals surface area (Å²) in [7, 11) is 0. The third kappa shape index (κ3) is 2.79. The van der Waals surface area contributed by atoms with Gasteiger partial charge in [-0.3, -0.25) is 4.99 Å². The Balaban J connectivity index is 1.99. The summed E-state index contributed by atoms with van der Waals surface area (Å²) >= 11 is 11.7. The van der Waals surface area contributed by atoms with E-state index in [1.54, 1.807) is 24.3 Å². The van der Waals surface area contributed by atoms with Crippen LogP contribution >= 0.6 is 23.2 Å². The van der Waals surface area contributed by atoms with Crippen LogP contribution in [0.15, 0.2) is 40.1 Å². The minimum absolute atomic E-state index is 0.0825. The lowest BCUT2D eigenvalue weighted by Crippen LogP contribution is -1.99.